The van der Waals surface area contributed by atoms with Gasteiger partial charge in [0.05, 0.1) is 31.1 Å². The Morgan fingerprint density at radius 1 is 1.17 bits per heavy atom. The molecule has 0 saturated carbocycles. The van der Waals surface area contributed by atoms with Crippen LogP contribution in [0.1, 0.15) is 29.0 Å². The first kappa shape index (κ1) is 23.7. The zero-order valence-electron chi connectivity index (χ0n) is 19.8. The number of furan rings is 1. The fraction of sp³-hybridized carbons (Fsp3) is 0.296. The van der Waals surface area contributed by atoms with Crippen molar-refractivity contribution in [3.05, 3.63) is 82.2 Å². The molecule has 8 heteroatoms. The van der Waals surface area contributed by atoms with Crippen LogP contribution in [0.3, 0.4) is 0 Å². The van der Waals surface area contributed by atoms with Gasteiger partial charge in [0.1, 0.15) is 5.60 Å². The van der Waals surface area contributed by atoms with Crippen molar-refractivity contribution in [1.82, 2.24) is 9.88 Å². The highest BCUT2D eigenvalue weighted by Gasteiger charge is 2.45. The van der Waals surface area contributed by atoms with Crippen LogP contribution in [-0.4, -0.2) is 49.5 Å². The van der Waals surface area contributed by atoms with E-state index < -0.39 is 11.5 Å². The molecular weight excluding hydrogens is 512 g/mol. The van der Waals surface area contributed by atoms with Gasteiger partial charge in [-0.1, -0.05) is 28.1 Å². The minimum Gasteiger partial charge on any atom is -0.481 e. The van der Waals surface area contributed by atoms with Crippen molar-refractivity contribution < 1.29 is 23.7 Å². The van der Waals surface area contributed by atoms with Crippen molar-refractivity contribution in [1.29, 1.82) is 0 Å². The van der Waals surface area contributed by atoms with Crippen LogP contribution >= 0.6 is 15.9 Å². The van der Waals surface area contributed by atoms with Crippen LogP contribution in [0.25, 0.3) is 10.9 Å². The number of methoxy groups -OCH3 is 1. The maximum Gasteiger partial charge on any atom is 0.231 e. The van der Waals surface area contributed by atoms with Crippen molar-refractivity contribution in [2.24, 2.45) is 0 Å². The predicted molar refractivity (Wildman–Crippen MR) is 136 cm³/mol. The fourth-order valence-electron chi connectivity index (χ4n) is 4.77. The third-order valence-corrected chi connectivity index (χ3v) is 6.92. The molecule has 0 bridgehead atoms. The van der Waals surface area contributed by atoms with Gasteiger partial charge < -0.3 is 28.6 Å². The second kappa shape index (κ2) is 9.53. The zero-order valence-corrected chi connectivity index (χ0v) is 21.4. The van der Waals surface area contributed by atoms with Gasteiger partial charge in [0.15, 0.2) is 11.5 Å². The number of halogens is 1. The number of hydrogen-bond donors (Lipinski definition) is 1. The molecule has 0 fully saturated rings. The number of fused-ring (bicyclic) bond motifs is 2. The summed E-state index contributed by atoms with van der Waals surface area (Å²) in [6.45, 7) is 0.742. The van der Waals surface area contributed by atoms with Crippen LogP contribution in [0.5, 0.6) is 17.4 Å². The first-order chi connectivity index (χ1) is 16.9. The second-order valence-electron chi connectivity index (χ2n) is 8.93. The molecule has 0 radical (unpaired) electrons. The lowest BCUT2D eigenvalue weighted by molar-refractivity contribution is 0.00137. The SMILES string of the molecule is COc1nc2ccc(Br)cc2cc1C(c1ccoc1)C(O)(CCN(C)C)c1cccc2c1OCO2. The van der Waals surface area contributed by atoms with Gasteiger partial charge in [0.25, 0.3) is 0 Å². The maximum absolute atomic E-state index is 12.7. The number of para-hydroxylation sites is 1. The Bertz CT molecular complexity index is 1340. The molecule has 35 heavy (non-hydrogen) atoms. The number of hydrogen-bond acceptors (Lipinski definition) is 7. The number of rotatable bonds is 8. The third kappa shape index (κ3) is 4.37. The maximum atomic E-state index is 12.7. The minimum atomic E-state index is -1.40. The molecule has 1 aliphatic rings. The number of aromatic nitrogens is 1. The predicted octanol–water partition coefficient (Wildman–Crippen LogP) is 5.30. The summed E-state index contributed by atoms with van der Waals surface area (Å²) in [5.41, 5.74) is 1.60. The average Bonchev–Trinajstić information content (AvgIpc) is 3.54. The highest BCUT2D eigenvalue weighted by molar-refractivity contribution is 9.10. The van der Waals surface area contributed by atoms with E-state index in [0.717, 1.165) is 26.5 Å². The quantitative estimate of drug-likeness (QED) is 0.326. The van der Waals surface area contributed by atoms with Crippen molar-refractivity contribution in [3.63, 3.8) is 0 Å². The van der Waals surface area contributed by atoms with Crippen molar-refractivity contribution in [3.8, 4) is 17.4 Å². The summed E-state index contributed by atoms with van der Waals surface area (Å²) in [5, 5.41) is 13.7. The van der Waals surface area contributed by atoms with Gasteiger partial charge in [-0.05, 0) is 56.9 Å². The van der Waals surface area contributed by atoms with E-state index in [0.29, 0.717) is 35.9 Å². The lowest BCUT2D eigenvalue weighted by Gasteiger charge is -2.38. The van der Waals surface area contributed by atoms with Crippen LogP contribution in [0.2, 0.25) is 0 Å². The van der Waals surface area contributed by atoms with Crippen molar-refractivity contribution in [2.75, 3.05) is 34.5 Å². The van der Waals surface area contributed by atoms with E-state index in [1.165, 1.54) is 0 Å². The Balaban J connectivity index is 1.78. The van der Waals surface area contributed by atoms with Crippen molar-refractivity contribution in [2.45, 2.75) is 17.9 Å². The number of ether oxygens (including phenoxy) is 3. The van der Waals surface area contributed by atoms with E-state index in [-0.39, 0.29) is 6.79 Å². The molecule has 0 spiro atoms. The molecule has 0 saturated heterocycles. The minimum absolute atomic E-state index is 0.112. The highest BCUT2D eigenvalue weighted by atomic mass is 79.9. The van der Waals surface area contributed by atoms with Crippen LogP contribution in [0, 0.1) is 0 Å². The summed E-state index contributed by atoms with van der Waals surface area (Å²) in [7, 11) is 5.56. The zero-order chi connectivity index (χ0) is 24.6. The summed E-state index contributed by atoms with van der Waals surface area (Å²) in [6, 6.07) is 15.4. The van der Waals surface area contributed by atoms with Gasteiger partial charge in [-0.15, -0.1) is 0 Å². The molecule has 1 N–H and O–H groups in total. The van der Waals surface area contributed by atoms with Crippen LogP contribution in [0.15, 0.2) is 69.9 Å². The average molecular weight is 539 g/mol. The monoisotopic (exact) mass is 538 g/mol. The molecule has 5 rings (SSSR count). The fourth-order valence-corrected chi connectivity index (χ4v) is 5.15. The molecule has 2 unspecified atom stereocenters. The Kier molecular flexibility index (Phi) is 6.44. The number of pyridine rings is 1. The molecule has 2 aromatic heterocycles. The Morgan fingerprint density at radius 2 is 2.03 bits per heavy atom. The van der Waals surface area contributed by atoms with Gasteiger partial charge >= 0.3 is 0 Å². The highest BCUT2D eigenvalue weighted by Crippen LogP contribution is 2.52. The smallest absolute Gasteiger partial charge is 0.231 e. The Labute approximate surface area is 212 Å². The van der Waals surface area contributed by atoms with E-state index in [2.05, 4.69) is 15.9 Å². The van der Waals surface area contributed by atoms with Crippen LogP contribution < -0.4 is 14.2 Å². The van der Waals surface area contributed by atoms with Gasteiger partial charge in [0.2, 0.25) is 12.7 Å². The summed E-state index contributed by atoms with van der Waals surface area (Å²) in [4.78, 5) is 6.84. The first-order valence-corrected chi connectivity index (χ1v) is 12.1. The summed E-state index contributed by atoms with van der Waals surface area (Å²) < 4.78 is 23.7. The molecule has 2 atom stereocenters. The number of benzene rings is 2. The van der Waals surface area contributed by atoms with Gasteiger partial charge in [0, 0.05) is 33.1 Å². The largest absolute Gasteiger partial charge is 0.481 e. The van der Waals surface area contributed by atoms with Gasteiger partial charge in [-0.3, -0.25) is 0 Å². The molecular formula is C27H27BrN2O5. The van der Waals surface area contributed by atoms with Gasteiger partial charge in [-0.2, -0.15) is 0 Å². The molecule has 0 amide bonds. The lowest BCUT2D eigenvalue weighted by atomic mass is 9.72. The molecule has 1 aliphatic heterocycles. The van der Waals surface area contributed by atoms with Crippen molar-refractivity contribution >= 4 is 26.8 Å². The molecule has 0 aliphatic carbocycles. The normalized spacial score (nSPS) is 15.4. The Morgan fingerprint density at radius 3 is 2.77 bits per heavy atom. The molecule has 182 valence electrons. The number of aliphatic hydroxyl groups is 1. The van der Waals surface area contributed by atoms with E-state index in [9.17, 15) is 5.11 Å². The summed E-state index contributed by atoms with van der Waals surface area (Å²) >= 11 is 3.56. The second-order valence-corrected chi connectivity index (χ2v) is 9.85. The third-order valence-electron chi connectivity index (χ3n) is 6.43. The Hall–Kier alpha value is -3.07. The topological polar surface area (TPSA) is 77.2 Å². The van der Waals surface area contributed by atoms with E-state index in [1.54, 1.807) is 19.6 Å². The lowest BCUT2D eigenvalue weighted by Crippen LogP contribution is -2.38. The van der Waals surface area contributed by atoms with Gasteiger partial charge in [-0.25, -0.2) is 4.98 Å². The molecule has 2 aromatic carbocycles. The van der Waals surface area contributed by atoms with E-state index >= 15 is 0 Å². The summed E-state index contributed by atoms with van der Waals surface area (Å²) in [6.07, 6.45) is 3.69. The standard InChI is InChI=1S/C27H27BrN2O5/c1-30(2)11-10-27(31,21-5-4-6-23-25(21)35-16-34-23)24(17-9-12-33-15-17)20-14-18-13-19(28)7-8-22(18)29-26(20)32-3/h4-9,12-15,24,31H,10-11,16H2,1-3H3. The summed E-state index contributed by atoms with van der Waals surface area (Å²) in [5.74, 6) is 1.05. The van der Waals surface area contributed by atoms with E-state index in [4.69, 9.17) is 23.6 Å². The molecule has 4 aromatic rings. The number of nitrogens with zero attached hydrogens (tertiary/aromatic N) is 2. The molecule has 3 heterocycles. The molecule has 7 nitrogen and oxygen atoms in total. The van der Waals surface area contributed by atoms with E-state index in [1.807, 2.05) is 67.5 Å². The van der Waals surface area contributed by atoms with Crippen LogP contribution in [-0.2, 0) is 5.60 Å². The van der Waals surface area contributed by atoms with Crippen LogP contribution in [0.4, 0.5) is 0 Å². The first-order valence-electron chi connectivity index (χ1n) is 11.3.